The van der Waals surface area contributed by atoms with Crippen molar-refractivity contribution < 1.29 is 9.18 Å². The van der Waals surface area contributed by atoms with Gasteiger partial charge in [0.2, 0.25) is 0 Å². The van der Waals surface area contributed by atoms with Crippen LogP contribution in [0.5, 0.6) is 0 Å². The number of hydrogen-bond acceptors (Lipinski definition) is 3. The molecule has 0 radical (unpaired) electrons. The van der Waals surface area contributed by atoms with Crippen LogP contribution in [0.2, 0.25) is 5.02 Å². The maximum absolute atomic E-state index is 13.4. The van der Waals surface area contributed by atoms with Gasteiger partial charge in [-0.15, -0.1) is 0 Å². The second-order valence-corrected chi connectivity index (χ2v) is 6.84. The molecule has 1 aliphatic heterocycles. The molecule has 3 aromatic rings. The Balaban J connectivity index is 1.82. The molecule has 8 heteroatoms. The fourth-order valence-electron chi connectivity index (χ4n) is 3.37. The van der Waals surface area contributed by atoms with Crippen LogP contribution in [0.15, 0.2) is 58.3 Å². The summed E-state index contributed by atoms with van der Waals surface area (Å²) < 4.78 is 14.2. The van der Waals surface area contributed by atoms with E-state index in [1.807, 2.05) is 24.3 Å². The number of anilines is 1. The van der Waals surface area contributed by atoms with Crippen LogP contribution in [0, 0.1) is 5.82 Å². The number of aromatic nitrogens is 2. The maximum Gasteiger partial charge on any atom is 0.333 e. The number of nitrogens with one attached hydrogen (secondary N) is 1. The molecule has 0 unspecified atom stereocenters. The normalized spacial score (nSPS) is 13.3. The van der Waals surface area contributed by atoms with E-state index >= 15 is 0 Å². The number of aromatic amines is 1. The lowest BCUT2D eigenvalue weighted by Crippen LogP contribution is -2.43. The molecular weight excluding hydrogens is 385 g/mol. The topological polar surface area (TPSA) is 75.2 Å². The molecule has 0 fully saturated rings. The van der Waals surface area contributed by atoms with Crippen molar-refractivity contribution in [2.45, 2.75) is 12.8 Å². The van der Waals surface area contributed by atoms with Crippen LogP contribution in [0.1, 0.15) is 22.3 Å². The van der Waals surface area contributed by atoms with Crippen LogP contribution >= 0.6 is 11.6 Å². The van der Waals surface area contributed by atoms with Crippen molar-refractivity contribution in [3.05, 3.63) is 91.5 Å². The van der Waals surface area contributed by atoms with E-state index in [1.54, 1.807) is 0 Å². The molecule has 1 aromatic heterocycles. The average Bonchev–Trinajstić information content (AvgIpc) is 2.70. The number of amides is 1. The van der Waals surface area contributed by atoms with Crippen LogP contribution < -0.4 is 16.1 Å². The number of halogens is 2. The van der Waals surface area contributed by atoms with Gasteiger partial charge in [-0.25, -0.2) is 13.8 Å². The van der Waals surface area contributed by atoms with E-state index in [-0.39, 0.29) is 16.3 Å². The Bertz CT molecular complexity index is 1200. The van der Waals surface area contributed by atoms with E-state index in [1.165, 1.54) is 11.0 Å². The first kappa shape index (κ1) is 18.2. The fourth-order valence-corrected chi connectivity index (χ4v) is 3.55. The Kier molecular flexibility index (Phi) is 4.60. The average molecular weight is 400 g/mol. The third-order valence-electron chi connectivity index (χ3n) is 4.72. The highest BCUT2D eigenvalue weighted by molar-refractivity contribution is 6.30. The summed E-state index contributed by atoms with van der Waals surface area (Å²) in [6.45, 7) is 0.469. The monoisotopic (exact) mass is 399 g/mol. The Hall–Kier alpha value is -3.19. The smallest absolute Gasteiger partial charge is 0.313 e. The number of hydrogen-bond donors (Lipinski definition) is 1. The van der Waals surface area contributed by atoms with Gasteiger partial charge in [-0.05, 0) is 42.7 Å². The molecule has 4 rings (SSSR count). The summed E-state index contributed by atoms with van der Waals surface area (Å²) in [5.74, 6) is -1.18. The molecule has 0 saturated heterocycles. The van der Waals surface area contributed by atoms with Crippen molar-refractivity contribution in [1.82, 2.24) is 9.55 Å². The highest BCUT2D eigenvalue weighted by Crippen LogP contribution is 2.27. The Labute approximate surface area is 163 Å². The molecule has 6 nitrogen and oxygen atoms in total. The van der Waals surface area contributed by atoms with Gasteiger partial charge < -0.3 is 9.88 Å². The minimum absolute atomic E-state index is 0.0753. The molecule has 0 spiro atoms. The predicted octanol–water partition coefficient (Wildman–Crippen LogP) is 2.91. The number of nitrogens with zero attached hydrogens (tertiary/aromatic N) is 2. The van der Waals surface area contributed by atoms with Gasteiger partial charge in [0, 0.05) is 18.4 Å². The summed E-state index contributed by atoms with van der Waals surface area (Å²) >= 11 is 5.77. The van der Waals surface area contributed by atoms with Crippen molar-refractivity contribution in [3.63, 3.8) is 0 Å². The number of carbonyl (C=O) groups is 1. The summed E-state index contributed by atoms with van der Waals surface area (Å²) in [7, 11) is 0. The standard InChI is InChI=1S/C20H15ClFN3O3/c21-15-10-13(7-8-16(15)22)25-19(27)14(11-23-20(25)28)18(26)24-9-3-5-12-4-1-2-6-17(12)24/h1-2,4,6-8,10-11H,3,5,9H2,(H,23,28). The predicted molar refractivity (Wildman–Crippen MR) is 104 cm³/mol. The summed E-state index contributed by atoms with van der Waals surface area (Å²) in [5.41, 5.74) is 0.128. The van der Waals surface area contributed by atoms with Gasteiger partial charge in [0.05, 0.1) is 10.7 Å². The zero-order valence-electron chi connectivity index (χ0n) is 14.6. The lowest BCUT2D eigenvalue weighted by molar-refractivity contribution is 0.0983. The van der Waals surface area contributed by atoms with Crippen molar-refractivity contribution in [1.29, 1.82) is 0 Å². The maximum atomic E-state index is 13.4. The Morgan fingerprint density at radius 3 is 2.71 bits per heavy atom. The van der Waals surface area contributed by atoms with Gasteiger partial charge in [0.25, 0.3) is 11.5 Å². The number of carbonyl (C=O) groups excluding carboxylic acids is 1. The van der Waals surface area contributed by atoms with Gasteiger partial charge in [-0.1, -0.05) is 29.8 Å². The molecule has 2 heterocycles. The minimum atomic E-state index is -0.792. The zero-order chi connectivity index (χ0) is 19.8. The van der Waals surface area contributed by atoms with Crippen molar-refractivity contribution in [2.75, 3.05) is 11.4 Å². The first-order valence-corrected chi connectivity index (χ1v) is 9.05. The van der Waals surface area contributed by atoms with Crippen molar-refractivity contribution >= 4 is 23.2 Å². The first-order chi connectivity index (χ1) is 13.5. The third-order valence-corrected chi connectivity index (χ3v) is 5.01. The number of aryl methyl sites for hydroxylation is 1. The largest absolute Gasteiger partial charge is 0.333 e. The Morgan fingerprint density at radius 1 is 1.14 bits per heavy atom. The Morgan fingerprint density at radius 2 is 1.93 bits per heavy atom. The minimum Gasteiger partial charge on any atom is -0.313 e. The summed E-state index contributed by atoms with van der Waals surface area (Å²) in [6, 6.07) is 11.0. The molecule has 0 saturated carbocycles. The molecule has 1 aliphatic rings. The molecule has 2 aromatic carbocycles. The van der Waals surface area contributed by atoms with Crippen LogP contribution in [0.4, 0.5) is 10.1 Å². The zero-order valence-corrected chi connectivity index (χ0v) is 15.4. The summed E-state index contributed by atoms with van der Waals surface area (Å²) in [4.78, 5) is 42.2. The lowest BCUT2D eigenvalue weighted by atomic mass is 10.0. The van der Waals surface area contributed by atoms with Crippen molar-refractivity contribution in [3.8, 4) is 5.69 Å². The van der Waals surface area contributed by atoms with E-state index in [4.69, 9.17) is 11.6 Å². The lowest BCUT2D eigenvalue weighted by Gasteiger charge is -2.29. The van der Waals surface area contributed by atoms with Gasteiger partial charge in [0.1, 0.15) is 11.4 Å². The highest BCUT2D eigenvalue weighted by atomic mass is 35.5. The molecule has 142 valence electrons. The number of benzene rings is 2. The van der Waals surface area contributed by atoms with Crippen LogP contribution in [-0.2, 0) is 6.42 Å². The van der Waals surface area contributed by atoms with Crippen LogP contribution in [0.3, 0.4) is 0 Å². The molecule has 1 N–H and O–H groups in total. The SMILES string of the molecule is O=C(c1c[nH]c(=O)n(-c2ccc(F)c(Cl)c2)c1=O)N1CCCc2ccccc21. The number of fused-ring (bicyclic) bond motifs is 1. The van der Waals surface area contributed by atoms with E-state index in [0.717, 1.165) is 47.0 Å². The second-order valence-electron chi connectivity index (χ2n) is 6.44. The van der Waals surface area contributed by atoms with E-state index < -0.39 is 23.0 Å². The van der Waals surface area contributed by atoms with E-state index in [9.17, 15) is 18.8 Å². The first-order valence-electron chi connectivity index (χ1n) is 8.67. The molecule has 0 atom stereocenters. The van der Waals surface area contributed by atoms with Crippen LogP contribution in [0.25, 0.3) is 5.69 Å². The van der Waals surface area contributed by atoms with Gasteiger partial charge >= 0.3 is 5.69 Å². The summed E-state index contributed by atoms with van der Waals surface area (Å²) in [5, 5.41) is -0.231. The molecule has 28 heavy (non-hydrogen) atoms. The molecule has 0 aliphatic carbocycles. The molecular formula is C20H15ClFN3O3. The number of H-pyrrole nitrogens is 1. The quantitative estimate of drug-likeness (QED) is 0.720. The van der Waals surface area contributed by atoms with E-state index in [0.29, 0.717) is 6.54 Å². The van der Waals surface area contributed by atoms with Gasteiger partial charge in [0.15, 0.2) is 0 Å². The van der Waals surface area contributed by atoms with E-state index in [2.05, 4.69) is 4.98 Å². The molecule has 1 amide bonds. The number of rotatable bonds is 2. The van der Waals surface area contributed by atoms with Crippen molar-refractivity contribution in [2.24, 2.45) is 0 Å². The number of para-hydroxylation sites is 1. The highest BCUT2D eigenvalue weighted by Gasteiger charge is 2.26. The fraction of sp³-hybridized carbons (Fsp3) is 0.150. The third kappa shape index (κ3) is 3.03. The molecule has 0 bridgehead atoms. The van der Waals surface area contributed by atoms with Crippen LogP contribution in [-0.4, -0.2) is 22.0 Å². The summed E-state index contributed by atoms with van der Waals surface area (Å²) in [6.07, 6.45) is 2.74. The second kappa shape index (κ2) is 7.09. The van der Waals surface area contributed by atoms with Gasteiger partial charge in [-0.3, -0.25) is 9.59 Å². The van der Waals surface area contributed by atoms with Gasteiger partial charge in [-0.2, -0.15) is 0 Å².